The molecule has 7 nitrogen and oxygen atoms in total. The Morgan fingerprint density at radius 3 is 1.42 bits per heavy atom. The molecule has 0 fully saturated rings. The molecule has 0 unspecified atom stereocenters. The van der Waals surface area contributed by atoms with Gasteiger partial charge in [0.25, 0.3) is 0 Å². The van der Waals surface area contributed by atoms with E-state index in [-0.39, 0.29) is 0 Å². The predicted octanol–water partition coefficient (Wildman–Crippen LogP) is 15.8. The zero-order valence-electron chi connectivity index (χ0n) is 39.0. The second-order valence-electron chi connectivity index (χ2n) is 19.2. The molecule has 1 spiro atoms. The average molecular weight is 931 g/mol. The van der Waals surface area contributed by atoms with Crippen molar-refractivity contribution in [1.82, 2.24) is 23.7 Å². The SMILES string of the molecule is N#Cc1ccc2c(c1)c1cc(-c3ccc4c(c3)C3(c5ccc(-n6c7ccccc7c7ccccc76)cc5O4)c4cccnc4-c4ncccc43)ccc1n2-c1cccc(-n2c3ccccc3c3ccccc32)c1. The van der Waals surface area contributed by atoms with E-state index in [1.807, 2.05) is 36.7 Å². The van der Waals surface area contributed by atoms with E-state index in [1.54, 1.807) is 0 Å². The maximum absolute atomic E-state index is 10.2. The Kier molecular flexibility index (Phi) is 8.04. The highest BCUT2D eigenvalue weighted by molar-refractivity contribution is 6.12. The number of ether oxygens (including phenoxy) is 1. The fourth-order valence-corrected chi connectivity index (χ4v) is 12.6. The first-order valence-electron chi connectivity index (χ1n) is 24.6. The lowest BCUT2D eigenvalue weighted by molar-refractivity contribution is 0.436. The maximum atomic E-state index is 10.2. The number of benzene rings is 9. The summed E-state index contributed by atoms with van der Waals surface area (Å²) in [5, 5.41) is 17.2. The zero-order valence-corrected chi connectivity index (χ0v) is 39.0. The van der Waals surface area contributed by atoms with E-state index in [2.05, 4.69) is 214 Å². The smallest absolute Gasteiger partial charge is 0.134 e. The Morgan fingerprint density at radius 2 is 0.849 bits per heavy atom. The molecular formula is C66H38N6O. The van der Waals surface area contributed by atoms with Crippen molar-refractivity contribution in [3.63, 3.8) is 0 Å². The van der Waals surface area contributed by atoms with Gasteiger partial charge in [0.2, 0.25) is 0 Å². The molecule has 1 aliphatic heterocycles. The minimum atomic E-state index is -0.783. The number of para-hydroxylation sites is 4. The van der Waals surface area contributed by atoms with Gasteiger partial charge in [-0.2, -0.15) is 5.26 Å². The van der Waals surface area contributed by atoms with Crippen LogP contribution in [0.25, 0.3) is 105 Å². The van der Waals surface area contributed by atoms with Crippen molar-refractivity contribution in [3.05, 3.63) is 259 Å². The molecule has 0 saturated heterocycles. The van der Waals surface area contributed by atoms with Crippen molar-refractivity contribution in [2.45, 2.75) is 5.41 Å². The highest BCUT2D eigenvalue weighted by Gasteiger charge is 2.52. The van der Waals surface area contributed by atoms with Gasteiger partial charge < -0.3 is 18.4 Å². The van der Waals surface area contributed by atoms with Crippen LogP contribution in [0.4, 0.5) is 0 Å². The largest absolute Gasteiger partial charge is 0.457 e. The summed E-state index contributed by atoms with van der Waals surface area (Å²) in [6, 6.07) is 80.2. The number of rotatable bonds is 4. The molecule has 0 bridgehead atoms. The standard InChI is InChI=1S/C66H38N6O/c67-39-40-24-29-60-50(34-40)51-35-41(25-30-61(51)71(60)44-13-9-12-43(37-44)70-56-20-5-1-14-46(56)47-15-2-6-21-57(47)70)42-26-31-62-55(36-42)66(53-18-10-32-68-64(53)65-54(66)19-11-33-69-65)52-28-27-45(38-63(52)73-62)72-58-22-7-3-16-48(58)49-17-4-8-23-59(49)72/h1-38H. The van der Waals surface area contributed by atoms with E-state index in [0.717, 1.165) is 117 Å². The molecule has 16 rings (SSSR count). The summed E-state index contributed by atoms with van der Waals surface area (Å²) < 4.78 is 14.2. The third-order valence-electron chi connectivity index (χ3n) is 15.6. The molecule has 73 heavy (non-hydrogen) atoms. The van der Waals surface area contributed by atoms with Gasteiger partial charge in [0, 0.05) is 79.0 Å². The number of pyridine rings is 2. The predicted molar refractivity (Wildman–Crippen MR) is 293 cm³/mol. The number of hydrogen-bond donors (Lipinski definition) is 0. The Labute approximate surface area is 418 Å². The summed E-state index contributed by atoms with van der Waals surface area (Å²) in [6.45, 7) is 0. The Bertz CT molecular complexity index is 4600. The monoisotopic (exact) mass is 930 g/mol. The summed E-state index contributed by atoms with van der Waals surface area (Å²) in [5.74, 6) is 1.57. The lowest BCUT2D eigenvalue weighted by atomic mass is 9.66. The second kappa shape index (κ2) is 14.8. The fraction of sp³-hybridized carbons (Fsp3) is 0.0152. The van der Waals surface area contributed by atoms with E-state index in [4.69, 9.17) is 14.7 Å². The third-order valence-corrected chi connectivity index (χ3v) is 15.6. The number of hydrogen-bond acceptors (Lipinski definition) is 4. The van der Waals surface area contributed by atoms with E-state index in [1.165, 1.54) is 21.5 Å². The lowest BCUT2D eigenvalue weighted by Crippen LogP contribution is -2.32. The molecule has 0 saturated carbocycles. The summed E-state index contributed by atoms with van der Waals surface area (Å²) in [6.07, 6.45) is 3.73. The van der Waals surface area contributed by atoms with Crippen LogP contribution < -0.4 is 4.74 Å². The van der Waals surface area contributed by atoms with Crippen LogP contribution >= 0.6 is 0 Å². The van der Waals surface area contributed by atoms with Crippen LogP contribution in [0, 0.1) is 11.3 Å². The van der Waals surface area contributed by atoms with Crippen molar-refractivity contribution >= 4 is 65.4 Å². The number of nitrogens with zero attached hydrogens (tertiary/aromatic N) is 6. The molecule has 7 heteroatoms. The van der Waals surface area contributed by atoms with Gasteiger partial charge in [-0.1, -0.05) is 109 Å². The van der Waals surface area contributed by atoms with Gasteiger partial charge in [0.1, 0.15) is 11.5 Å². The molecular weight excluding hydrogens is 893 g/mol. The molecule has 5 aromatic heterocycles. The summed E-state index contributed by atoms with van der Waals surface area (Å²) in [5.41, 5.74) is 17.7. The minimum absolute atomic E-state index is 0.615. The normalized spacial score (nSPS) is 13.1. The van der Waals surface area contributed by atoms with E-state index >= 15 is 0 Å². The highest BCUT2D eigenvalue weighted by Crippen LogP contribution is 2.62. The van der Waals surface area contributed by atoms with E-state index in [9.17, 15) is 5.26 Å². The van der Waals surface area contributed by atoms with Crippen LogP contribution in [0.5, 0.6) is 11.5 Å². The van der Waals surface area contributed by atoms with Crippen LogP contribution in [0.15, 0.2) is 231 Å². The number of fused-ring (bicyclic) bond motifs is 18. The molecule has 0 radical (unpaired) electrons. The molecule has 1 aliphatic carbocycles. The minimum Gasteiger partial charge on any atom is -0.457 e. The molecule has 2 aliphatic rings. The summed E-state index contributed by atoms with van der Waals surface area (Å²) in [7, 11) is 0. The maximum Gasteiger partial charge on any atom is 0.134 e. The van der Waals surface area contributed by atoms with Gasteiger partial charge in [-0.25, -0.2) is 0 Å². The van der Waals surface area contributed by atoms with Crippen LogP contribution in [-0.2, 0) is 5.41 Å². The first kappa shape index (κ1) is 39.8. The number of nitriles is 1. The van der Waals surface area contributed by atoms with E-state index < -0.39 is 5.41 Å². The van der Waals surface area contributed by atoms with Crippen LogP contribution in [0.2, 0.25) is 0 Å². The Balaban J connectivity index is 0.886. The molecule has 338 valence electrons. The Hall–Kier alpha value is -10.0. The van der Waals surface area contributed by atoms with Crippen LogP contribution in [0.1, 0.15) is 27.8 Å². The van der Waals surface area contributed by atoms with Crippen LogP contribution in [-0.4, -0.2) is 23.7 Å². The second-order valence-corrected chi connectivity index (χ2v) is 19.2. The molecule has 0 amide bonds. The van der Waals surface area contributed by atoms with Crippen molar-refractivity contribution in [2.75, 3.05) is 0 Å². The van der Waals surface area contributed by atoms with Gasteiger partial charge in [-0.15, -0.1) is 0 Å². The van der Waals surface area contributed by atoms with E-state index in [0.29, 0.717) is 5.56 Å². The molecule has 9 aromatic carbocycles. The Morgan fingerprint density at radius 1 is 0.356 bits per heavy atom. The fourth-order valence-electron chi connectivity index (χ4n) is 12.6. The van der Waals surface area contributed by atoms with Crippen molar-refractivity contribution in [3.8, 4) is 57.1 Å². The van der Waals surface area contributed by atoms with Crippen molar-refractivity contribution < 1.29 is 4.74 Å². The van der Waals surface area contributed by atoms with Gasteiger partial charge in [0.15, 0.2) is 0 Å². The lowest BCUT2D eigenvalue weighted by Gasteiger charge is -2.39. The topological polar surface area (TPSA) is 73.6 Å². The van der Waals surface area contributed by atoms with Gasteiger partial charge in [-0.05, 0) is 125 Å². The molecule has 14 aromatic rings. The first-order valence-corrected chi connectivity index (χ1v) is 24.6. The van der Waals surface area contributed by atoms with Gasteiger partial charge >= 0.3 is 0 Å². The molecule has 0 atom stereocenters. The van der Waals surface area contributed by atoms with Gasteiger partial charge in [0.05, 0.1) is 61.5 Å². The molecule has 0 N–H and O–H groups in total. The van der Waals surface area contributed by atoms with Crippen molar-refractivity contribution in [2.24, 2.45) is 0 Å². The summed E-state index contributed by atoms with van der Waals surface area (Å²) >= 11 is 0. The van der Waals surface area contributed by atoms with Crippen LogP contribution in [0.3, 0.4) is 0 Å². The average Bonchev–Trinajstić information content (AvgIpc) is 4.17. The molecule has 6 heterocycles. The first-order chi connectivity index (χ1) is 36.2. The van der Waals surface area contributed by atoms with Gasteiger partial charge in [-0.3, -0.25) is 9.97 Å². The quantitative estimate of drug-likeness (QED) is 0.176. The highest BCUT2D eigenvalue weighted by atomic mass is 16.5. The summed E-state index contributed by atoms with van der Waals surface area (Å²) in [4.78, 5) is 10.0. The third kappa shape index (κ3) is 5.36. The zero-order chi connectivity index (χ0) is 47.9. The van der Waals surface area contributed by atoms with Crippen molar-refractivity contribution in [1.29, 1.82) is 5.26 Å². The number of aromatic nitrogens is 5.